The molecule has 0 aliphatic carbocycles. The highest BCUT2D eigenvalue weighted by molar-refractivity contribution is 7.89. The molecule has 1 N–H and O–H groups in total. The zero-order valence-corrected chi connectivity index (χ0v) is 19.9. The smallest absolute Gasteiger partial charge is 0.253 e. The van der Waals surface area contributed by atoms with Crippen molar-refractivity contribution in [3.05, 3.63) is 64.7 Å². The molecule has 0 atom stereocenters. The van der Waals surface area contributed by atoms with Crippen LogP contribution < -0.4 is 5.32 Å². The molecule has 32 heavy (non-hydrogen) atoms. The number of piperidine rings is 1. The summed E-state index contributed by atoms with van der Waals surface area (Å²) in [5, 5.41) is 2.94. The Balaban J connectivity index is 1.53. The fraction of sp³-hybridized carbons (Fsp3) is 0.417. The van der Waals surface area contributed by atoms with E-state index >= 15 is 0 Å². The third-order valence-electron chi connectivity index (χ3n) is 6.01. The van der Waals surface area contributed by atoms with Crippen LogP contribution in [0.1, 0.15) is 39.9 Å². The lowest BCUT2D eigenvalue weighted by Gasteiger charge is -2.30. The molecule has 3 rings (SSSR count). The first-order chi connectivity index (χ1) is 15.1. The molecule has 0 saturated carbocycles. The van der Waals surface area contributed by atoms with E-state index in [1.807, 2.05) is 32.0 Å². The van der Waals surface area contributed by atoms with Crippen LogP contribution >= 0.6 is 0 Å². The van der Waals surface area contributed by atoms with Gasteiger partial charge in [0.15, 0.2) is 0 Å². The number of benzene rings is 2. The molecule has 1 aliphatic heterocycles. The van der Waals surface area contributed by atoms with Gasteiger partial charge in [0.25, 0.3) is 5.91 Å². The monoisotopic (exact) mass is 457 g/mol. The largest absolute Gasteiger partial charge is 0.352 e. The SMILES string of the molecule is Cc1ccc(S(=O)(=O)N2CCC(C(=O)NCc3ccc(C(=O)N(C)C)cc3)CC2)cc1C. The van der Waals surface area contributed by atoms with Crippen molar-refractivity contribution in [3.8, 4) is 0 Å². The Morgan fingerprint density at radius 3 is 2.19 bits per heavy atom. The minimum absolute atomic E-state index is 0.0666. The number of aryl methyl sites for hydroxylation is 2. The van der Waals surface area contributed by atoms with E-state index in [9.17, 15) is 18.0 Å². The fourth-order valence-electron chi connectivity index (χ4n) is 3.74. The molecular weight excluding hydrogens is 426 g/mol. The lowest BCUT2D eigenvalue weighted by molar-refractivity contribution is -0.126. The summed E-state index contributed by atoms with van der Waals surface area (Å²) in [6.07, 6.45) is 0.984. The normalized spacial score (nSPS) is 15.4. The Morgan fingerprint density at radius 1 is 1.00 bits per heavy atom. The van der Waals surface area contributed by atoms with Gasteiger partial charge in [0.1, 0.15) is 0 Å². The predicted molar refractivity (Wildman–Crippen MR) is 124 cm³/mol. The Labute approximate surface area is 190 Å². The molecule has 0 radical (unpaired) electrons. The molecule has 0 spiro atoms. The van der Waals surface area contributed by atoms with Crippen LogP contribution in [0, 0.1) is 19.8 Å². The second-order valence-electron chi connectivity index (χ2n) is 8.54. The average Bonchev–Trinajstić information content (AvgIpc) is 2.79. The highest BCUT2D eigenvalue weighted by Gasteiger charge is 2.32. The summed E-state index contributed by atoms with van der Waals surface area (Å²) < 4.78 is 27.4. The van der Waals surface area contributed by atoms with E-state index in [-0.39, 0.29) is 17.7 Å². The summed E-state index contributed by atoms with van der Waals surface area (Å²) in [5.41, 5.74) is 3.50. The Bertz CT molecular complexity index is 1090. The highest BCUT2D eigenvalue weighted by atomic mass is 32.2. The molecule has 1 aliphatic rings. The van der Waals surface area contributed by atoms with Crippen LogP contribution in [0.5, 0.6) is 0 Å². The van der Waals surface area contributed by atoms with E-state index in [0.29, 0.717) is 42.9 Å². The Kier molecular flexibility index (Phi) is 7.36. The maximum Gasteiger partial charge on any atom is 0.253 e. The van der Waals surface area contributed by atoms with Crippen molar-refractivity contribution in [2.75, 3.05) is 27.2 Å². The van der Waals surface area contributed by atoms with Crippen molar-refractivity contribution >= 4 is 21.8 Å². The summed E-state index contributed by atoms with van der Waals surface area (Å²) in [6, 6.07) is 12.3. The molecule has 1 heterocycles. The van der Waals surface area contributed by atoms with E-state index in [0.717, 1.165) is 16.7 Å². The van der Waals surface area contributed by atoms with Gasteiger partial charge in [0, 0.05) is 45.2 Å². The third-order valence-corrected chi connectivity index (χ3v) is 7.91. The van der Waals surface area contributed by atoms with E-state index in [4.69, 9.17) is 0 Å². The lowest BCUT2D eigenvalue weighted by Crippen LogP contribution is -2.42. The number of nitrogens with zero attached hydrogens (tertiary/aromatic N) is 2. The van der Waals surface area contributed by atoms with Gasteiger partial charge in [-0.15, -0.1) is 0 Å². The Morgan fingerprint density at radius 2 is 1.62 bits per heavy atom. The summed E-state index contributed by atoms with van der Waals surface area (Å²) in [7, 11) is -0.146. The van der Waals surface area contributed by atoms with Gasteiger partial charge in [-0.05, 0) is 67.6 Å². The maximum absolute atomic E-state index is 13.0. The van der Waals surface area contributed by atoms with Gasteiger partial charge in [0.05, 0.1) is 4.90 Å². The first kappa shape index (κ1) is 23.9. The van der Waals surface area contributed by atoms with Crippen LogP contribution in [0.2, 0.25) is 0 Å². The number of amides is 2. The van der Waals surface area contributed by atoms with Gasteiger partial charge < -0.3 is 10.2 Å². The first-order valence-corrected chi connectivity index (χ1v) is 12.2. The number of carbonyl (C=O) groups excluding carboxylic acids is 2. The molecule has 2 aromatic rings. The number of nitrogens with one attached hydrogen (secondary N) is 1. The molecular formula is C24H31N3O4S. The van der Waals surface area contributed by atoms with Gasteiger partial charge in [-0.1, -0.05) is 18.2 Å². The predicted octanol–water partition coefficient (Wildman–Crippen LogP) is 2.72. The number of sulfonamides is 1. The van der Waals surface area contributed by atoms with Crippen molar-refractivity contribution in [2.45, 2.75) is 38.1 Å². The first-order valence-electron chi connectivity index (χ1n) is 10.8. The van der Waals surface area contributed by atoms with Crippen molar-refractivity contribution in [1.82, 2.24) is 14.5 Å². The van der Waals surface area contributed by atoms with Crippen LogP contribution in [0.4, 0.5) is 0 Å². The Hall–Kier alpha value is -2.71. The van der Waals surface area contributed by atoms with Crippen LogP contribution in [-0.2, 0) is 21.4 Å². The molecule has 0 aromatic heterocycles. The molecule has 1 fully saturated rings. The highest BCUT2D eigenvalue weighted by Crippen LogP contribution is 2.25. The fourth-order valence-corrected chi connectivity index (χ4v) is 5.29. The number of hydrogen-bond acceptors (Lipinski definition) is 4. The maximum atomic E-state index is 13.0. The summed E-state index contributed by atoms with van der Waals surface area (Å²) in [6.45, 7) is 4.88. The minimum Gasteiger partial charge on any atom is -0.352 e. The van der Waals surface area contributed by atoms with Gasteiger partial charge in [-0.3, -0.25) is 9.59 Å². The van der Waals surface area contributed by atoms with Crippen LogP contribution in [0.15, 0.2) is 47.4 Å². The molecule has 0 bridgehead atoms. The van der Waals surface area contributed by atoms with Gasteiger partial charge in [-0.2, -0.15) is 4.31 Å². The van der Waals surface area contributed by atoms with Crippen LogP contribution in [0.3, 0.4) is 0 Å². The van der Waals surface area contributed by atoms with E-state index in [1.165, 1.54) is 9.21 Å². The quantitative estimate of drug-likeness (QED) is 0.723. The van der Waals surface area contributed by atoms with Crippen molar-refractivity contribution in [2.24, 2.45) is 5.92 Å². The van der Waals surface area contributed by atoms with Crippen LogP contribution in [-0.4, -0.2) is 56.6 Å². The third kappa shape index (κ3) is 5.37. The minimum atomic E-state index is -3.55. The number of rotatable bonds is 6. The lowest BCUT2D eigenvalue weighted by atomic mass is 9.97. The van der Waals surface area contributed by atoms with Gasteiger partial charge in [-0.25, -0.2) is 8.42 Å². The summed E-state index contributed by atoms with van der Waals surface area (Å²) >= 11 is 0. The second kappa shape index (κ2) is 9.83. The molecule has 2 aromatic carbocycles. The molecule has 7 nitrogen and oxygen atoms in total. The van der Waals surface area contributed by atoms with E-state index in [1.54, 1.807) is 38.4 Å². The van der Waals surface area contributed by atoms with Crippen molar-refractivity contribution in [3.63, 3.8) is 0 Å². The van der Waals surface area contributed by atoms with Crippen molar-refractivity contribution < 1.29 is 18.0 Å². The average molecular weight is 458 g/mol. The van der Waals surface area contributed by atoms with E-state index < -0.39 is 10.0 Å². The molecule has 0 unspecified atom stereocenters. The van der Waals surface area contributed by atoms with Crippen LogP contribution in [0.25, 0.3) is 0 Å². The van der Waals surface area contributed by atoms with Gasteiger partial charge >= 0.3 is 0 Å². The summed E-state index contributed by atoms with van der Waals surface area (Å²) in [5.74, 6) is -0.347. The topological polar surface area (TPSA) is 86.8 Å². The molecule has 8 heteroatoms. The summed E-state index contributed by atoms with van der Waals surface area (Å²) in [4.78, 5) is 26.4. The van der Waals surface area contributed by atoms with Crippen molar-refractivity contribution in [1.29, 1.82) is 0 Å². The van der Waals surface area contributed by atoms with E-state index in [2.05, 4.69) is 5.32 Å². The zero-order chi connectivity index (χ0) is 23.5. The van der Waals surface area contributed by atoms with Gasteiger partial charge in [0.2, 0.25) is 15.9 Å². The standard InChI is InChI=1S/C24H31N3O4S/c1-17-5-10-22(15-18(17)2)32(30,31)27-13-11-20(12-14-27)23(28)25-16-19-6-8-21(9-7-19)24(29)26(3)4/h5-10,15,20H,11-14,16H2,1-4H3,(H,25,28). The zero-order valence-electron chi connectivity index (χ0n) is 19.1. The molecule has 1 saturated heterocycles. The molecule has 2 amide bonds. The second-order valence-corrected chi connectivity index (χ2v) is 10.5. The number of hydrogen-bond donors (Lipinski definition) is 1. The molecule has 172 valence electrons. The number of carbonyl (C=O) groups is 2.